The van der Waals surface area contributed by atoms with Crippen LogP contribution in [0.25, 0.3) is 10.8 Å². The van der Waals surface area contributed by atoms with E-state index in [-0.39, 0.29) is 11.7 Å². The quantitative estimate of drug-likeness (QED) is 0.684. The molecule has 4 rings (SSSR count). The van der Waals surface area contributed by atoms with Gasteiger partial charge in [0.2, 0.25) is 0 Å². The van der Waals surface area contributed by atoms with E-state index in [0.717, 1.165) is 42.5 Å². The number of furan rings is 1. The van der Waals surface area contributed by atoms with E-state index < -0.39 is 0 Å². The van der Waals surface area contributed by atoms with Crippen molar-refractivity contribution in [3.05, 3.63) is 65.1 Å². The van der Waals surface area contributed by atoms with Gasteiger partial charge in [0.1, 0.15) is 5.82 Å². The summed E-state index contributed by atoms with van der Waals surface area (Å²) in [6, 6.07) is 9.52. The fourth-order valence-electron chi connectivity index (χ4n) is 3.23. The fourth-order valence-corrected chi connectivity index (χ4v) is 4.01. The van der Waals surface area contributed by atoms with Crippen LogP contribution in [0.4, 0.5) is 4.39 Å². The molecule has 0 N–H and O–H groups in total. The summed E-state index contributed by atoms with van der Waals surface area (Å²) in [6.07, 6.45) is 2.56. The summed E-state index contributed by atoms with van der Waals surface area (Å²) in [5.41, 5.74) is 1.55. The summed E-state index contributed by atoms with van der Waals surface area (Å²) in [7, 11) is 0. The first kappa shape index (κ1) is 17.9. The number of rotatable bonds is 4. The van der Waals surface area contributed by atoms with E-state index in [1.54, 1.807) is 29.7 Å². The number of nitrogens with zero attached hydrogens (tertiary/aromatic N) is 3. The second-order valence-corrected chi connectivity index (χ2v) is 7.41. The third kappa shape index (κ3) is 4.26. The molecule has 1 amide bonds. The van der Waals surface area contributed by atoms with Gasteiger partial charge in [0.25, 0.3) is 5.91 Å². The maximum atomic E-state index is 13.1. The fraction of sp³-hybridized carbons (Fsp3) is 0.300. The lowest BCUT2D eigenvalue weighted by Crippen LogP contribution is -2.35. The van der Waals surface area contributed by atoms with Gasteiger partial charge < -0.3 is 9.32 Å². The van der Waals surface area contributed by atoms with Crippen LogP contribution < -0.4 is 0 Å². The van der Waals surface area contributed by atoms with Gasteiger partial charge in [0, 0.05) is 43.7 Å². The number of benzene rings is 1. The molecule has 0 bridgehead atoms. The molecule has 0 saturated carbocycles. The maximum absolute atomic E-state index is 13.1. The molecule has 5 nitrogen and oxygen atoms in total. The van der Waals surface area contributed by atoms with Crippen molar-refractivity contribution in [3.8, 4) is 10.8 Å². The van der Waals surface area contributed by atoms with Gasteiger partial charge >= 0.3 is 0 Å². The molecule has 1 fully saturated rings. The monoisotopic (exact) mass is 385 g/mol. The molecule has 0 radical (unpaired) electrons. The largest absolute Gasteiger partial charge is 0.462 e. The van der Waals surface area contributed by atoms with E-state index in [0.29, 0.717) is 18.7 Å². The molecule has 0 unspecified atom stereocenters. The van der Waals surface area contributed by atoms with Crippen molar-refractivity contribution in [1.82, 2.24) is 14.8 Å². The maximum Gasteiger partial charge on any atom is 0.253 e. The molecule has 0 spiro atoms. The zero-order valence-corrected chi connectivity index (χ0v) is 15.6. The molecule has 3 heterocycles. The highest BCUT2D eigenvalue weighted by atomic mass is 32.1. The lowest BCUT2D eigenvalue weighted by Gasteiger charge is -2.21. The third-order valence-electron chi connectivity index (χ3n) is 4.64. The molecular weight excluding hydrogens is 365 g/mol. The molecular formula is C20H20FN3O2S. The van der Waals surface area contributed by atoms with Crippen LogP contribution in [-0.2, 0) is 6.54 Å². The summed E-state index contributed by atoms with van der Waals surface area (Å²) < 4.78 is 18.5. The van der Waals surface area contributed by atoms with Crippen LogP contribution in [-0.4, -0.2) is 46.9 Å². The molecule has 0 atom stereocenters. The topological polar surface area (TPSA) is 49.6 Å². The van der Waals surface area contributed by atoms with Crippen LogP contribution in [0.5, 0.6) is 0 Å². The minimum atomic E-state index is -0.328. The molecule has 3 aromatic rings. The van der Waals surface area contributed by atoms with Crippen LogP contribution in [0.3, 0.4) is 0 Å². The molecule has 7 heteroatoms. The van der Waals surface area contributed by atoms with Gasteiger partial charge in [0.05, 0.1) is 12.0 Å². The second kappa shape index (κ2) is 8.02. The van der Waals surface area contributed by atoms with Gasteiger partial charge in [-0.1, -0.05) is 0 Å². The number of hydrogen-bond donors (Lipinski definition) is 0. The van der Waals surface area contributed by atoms with E-state index in [2.05, 4.69) is 15.3 Å². The smallest absolute Gasteiger partial charge is 0.253 e. The van der Waals surface area contributed by atoms with E-state index in [9.17, 15) is 9.18 Å². The number of carbonyl (C=O) groups is 1. The minimum absolute atomic E-state index is 0.0365. The SMILES string of the molecule is O=C(c1ccc(F)cc1)N1CCCN(Cc2csc(-c3ccco3)n2)CC1. The van der Waals surface area contributed by atoms with E-state index in [4.69, 9.17) is 4.42 Å². The molecule has 2 aromatic heterocycles. The Bertz CT molecular complexity index is 892. The first-order chi connectivity index (χ1) is 13.2. The van der Waals surface area contributed by atoms with Gasteiger partial charge in [-0.25, -0.2) is 9.37 Å². The first-order valence-electron chi connectivity index (χ1n) is 8.94. The molecule has 1 aromatic carbocycles. The highest BCUT2D eigenvalue weighted by Gasteiger charge is 2.21. The normalized spacial score (nSPS) is 15.7. The van der Waals surface area contributed by atoms with E-state index >= 15 is 0 Å². The summed E-state index contributed by atoms with van der Waals surface area (Å²) in [4.78, 5) is 21.4. The number of aromatic nitrogens is 1. The van der Waals surface area contributed by atoms with Gasteiger partial charge in [-0.15, -0.1) is 11.3 Å². The number of carbonyl (C=O) groups excluding carboxylic acids is 1. The number of hydrogen-bond acceptors (Lipinski definition) is 5. The van der Waals surface area contributed by atoms with Crippen LogP contribution in [0.1, 0.15) is 22.5 Å². The van der Waals surface area contributed by atoms with Crippen molar-refractivity contribution in [3.63, 3.8) is 0 Å². The van der Waals surface area contributed by atoms with Crippen molar-refractivity contribution in [2.45, 2.75) is 13.0 Å². The van der Waals surface area contributed by atoms with Crippen LogP contribution >= 0.6 is 11.3 Å². The molecule has 27 heavy (non-hydrogen) atoms. The zero-order valence-electron chi connectivity index (χ0n) is 14.8. The standard InChI is InChI=1S/C20H20FN3O2S/c21-16-6-4-15(5-7-16)20(25)24-9-2-8-23(10-11-24)13-17-14-27-19(22-17)18-3-1-12-26-18/h1,3-7,12,14H,2,8-11,13H2. The van der Waals surface area contributed by atoms with Gasteiger partial charge in [-0.05, 0) is 42.8 Å². The molecule has 0 aliphatic carbocycles. The number of thiazole rings is 1. The van der Waals surface area contributed by atoms with Gasteiger partial charge in [0.15, 0.2) is 10.8 Å². The zero-order chi connectivity index (χ0) is 18.6. The summed E-state index contributed by atoms with van der Waals surface area (Å²) in [5.74, 6) is 0.426. The summed E-state index contributed by atoms with van der Waals surface area (Å²) in [6.45, 7) is 3.84. The highest BCUT2D eigenvalue weighted by molar-refractivity contribution is 7.13. The Morgan fingerprint density at radius 2 is 2.00 bits per heavy atom. The average Bonchev–Trinajstić information content (AvgIpc) is 3.31. The number of halogens is 1. The van der Waals surface area contributed by atoms with Crippen LogP contribution in [0, 0.1) is 5.82 Å². The van der Waals surface area contributed by atoms with Crippen molar-refractivity contribution < 1.29 is 13.6 Å². The minimum Gasteiger partial charge on any atom is -0.462 e. The van der Waals surface area contributed by atoms with Gasteiger partial charge in [-0.3, -0.25) is 9.69 Å². The van der Waals surface area contributed by atoms with E-state index in [1.807, 2.05) is 17.0 Å². The van der Waals surface area contributed by atoms with E-state index in [1.165, 1.54) is 12.1 Å². The Balaban J connectivity index is 1.36. The Hall–Kier alpha value is -2.51. The Labute approximate surface area is 161 Å². The molecule has 1 aliphatic rings. The van der Waals surface area contributed by atoms with Gasteiger partial charge in [-0.2, -0.15) is 0 Å². The van der Waals surface area contributed by atoms with Crippen LogP contribution in [0.15, 0.2) is 52.5 Å². The molecule has 1 saturated heterocycles. The lowest BCUT2D eigenvalue weighted by atomic mass is 10.2. The van der Waals surface area contributed by atoms with Crippen molar-refractivity contribution in [1.29, 1.82) is 0 Å². The lowest BCUT2D eigenvalue weighted by molar-refractivity contribution is 0.0761. The molecule has 1 aliphatic heterocycles. The predicted octanol–water partition coefficient (Wildman–Crippen LogP) is 3.89. The highest BCUT2D eigenvalue weighted by Crippen LogP contribution is 2.24. The number of amides is 1. The van der Waals surface area contributed by atoms with Crippen LogP contribution in [0.2, 0.25) is 0 Å². The summed E-state index contributed by atoms with van der Waals surface area (Å²) in [5, 5.41) is 2.95. The van der Waals surface area contributed by atoms with Crippen molar-refractivity contribution in [2.75, 3.05) is 26.2 Å². The second-order valence-electron chi connectivity index (χ2n) is 6.55. The average molecular weight is 385 g/mol. The first-order valence-corrected chi connectivity index (χ1v) is 9.82. The van der Waals surface area contributed by atoms with Crippen molar-refractivity contribution >= 4 is 17.2 Å². The summed E-state index contributed by atoms with van der Waals surface area (Å²) >= 11 is 1.58. The molecule has 140 valence electrons. The predicted molar refractivity (Wildman–Crippen MR) is 102 cm³/mol. The Morgan fingerprint density at radius 3 is 2.78 bits per heavy atom. The van der Waals surface area contributed by atoms with Crippen molar-refractivity contribution in [2.24, 2.45) is 0 Å². The third-order valence-corrected chi connectivity index (χ3v) is 5.54. The Kier molecular flexibility index (Phi) is 5.31. The Morgan fingerprint density at radius 1 is 1.15 bits per heavy atom.